The molecule has 0 aromatic carbocycles. The maximum absolute atomic E-state index is 2.53. The third-order valence-electron chi connectivity index (χ3n) is 3.15. The van der Waals surface area contributed by atoms with E-state index in [-0.39, 0.29) is 0 Å². The number of hydrogen-bond donors (Lipinski definition) is 0. The van der Waals surface area contributed by atoms with E-state index >= 15 is 0 Å². The molecule has 0 unspecified atom stereocenters. The van der Waals surface area contributed by atoms with E-state index in [0.717, 1.165) is 12.0 Å². The van der Waals surface area contributed by atoms with Crippen molar-refractivity contribution in [3.05, 3.63) is 0 Å². The topological polar surface area (TPSA) is 3.24 Å². The molecule has 1 fully saturated rings. The van der Waals surface area contributed by atoms with Gasteiger partial charge in [0.05, 0.1) is 0 Å². The van der Waals surface area contributed by atoms with E-state index in [1.54, 1.807) is 0 Å². The fourth-order valence-corrected chi connectivity index (χ4v) is 2.11. The summed E-state index contributed by atoms with van der Waals surface area (Å²) in [4.78, 5) is 2.53. The van der Waals surface area contributed by atoms with Crippen LogP contribution in [0.25, 0.3) is 0 Å². The van der Waals surface area contributed by atoms with Crippen molar-refractivity contribution >= 4 is 0 Å². The largest absolute Gasteiger partial charge is 0.301 e. The highest BCUT2D eigenvalue weighted by Crippen LogP contribution is 2.29. The minimum absolute atomic E-state index is 0.709. The standard InChI is InChI=1S/C10H21N/c1-8(2)11(4)10-7-5-6-9(10)3/h8-10H,5-7H2,1-4H3/t9-,10+/m0/s1. The zero-order chi connectivity index (χ0) is 8.43. The summed E-state index contributed by atoms with van der Waals surface area (Å²) in [7, 11) is 2.26. The van der Waals surface area contributed by atoms with Crippen LogP contribution in [0.1, 0.15) is 40.0 Å². The molecule has 1 saturated carbocycles. The highest BCUT2D eigenvalue weighted by molar-refractivity contribution is 4.82. The van der Waals surface area contributed by atoms with Crippen LogP contribution in [0.4, 0.5) is 0 Å². The SMILES string of the molecule is CC(C)N(C)[C@@H]1CCC[C@@H]1C. The number of nitrogens with zero attached hydrogens (tertiary/aromatic N) is 1. The molecule has 0 spiro atoms. The van der Waals surface area contributed by atoms with Crippen molar-refractivity contribution in [3.8, 4) is 0 Å². The maximum Gasteiger partial charge on any atom is 0.0120 e. The van der Waals surface area contributed by atoms with Crippen molar-refractivity contribution in [1.29, 1.82) is 0 Å². The average Bonchev–Trinajstić information content (AvgIpc) is 2.33. The van der Waals surface area contributed by atoms with E-state index in [2.05, 4.69) is 32.7 Å². The fourth-order valence-electron chi connectivity index (χ4n) is 2.11. The van der Waals surface area contributed by atoms with Crippen LogP contribution in [0, 0.1) is 5.92 Å². The lowest BCUT2D eigenvalue weighted by Crippen LogP contribution is -2.38. The van der Waals surface area contributed by atoms with Crippen LogP contribution < -0.4 is 0 Å². The summed E-state index contributed by atoms with van der Waals surface area (Å²) in [6.07, 6.45) is 4.28. The predicted molar refractivity (Wildman–Crippen MR) is 49.7 cm³/mol. The molecule has 0 saturated heterocycles. The number of hydrogen-bond acceptors (Lipinski definition) is 1. The molecular formula is C10H21N. The summed E-state index contributed by atoms with van der Waals surface area (Å²) < 4.78 is 0. The lowest BCUT2D eigenvalue weighted by molar-refractivity contribution is 0.165. The fraction of sp³-hybridized carbons (Fsp3) is 1.00. The van der Waals surface area contributed by atoms with Crippen molar-refractivity contribution in [2.45, 2.75) is 52.1 Å². The Morgan fingerprint density at radius 2 is 1.91 bits per heavy atom. The molecule has 0 aliphatic heterocycles. The summed E-state index contributed by atoms with van der Waals surface area (Å²) in [6.45, 7) is 6.95. The molecule has 0 bridgehead atoms. The van der Waals surface area contributed by atoms with E-state index < -0.39 is 0 Å². The third kappa shape index (κ3) is 1.96. The highest BCUT2D eigenvalue weighted by Gasteiger charge is 2.27. The molecule has 1 aliphatic rings. The Morgan fingerprint density at radius 1 is 1.27 bits per heavy atom. The first-order valence-corrected chi connectivity index (χ1v) is 4.85. The highest BCUT2D eigenvalue weighted by atomic mass is 15.2. The first kappa shape index (κ1) is 9.05. The Bertz CT molecular complexity index is 120. The van der Waals surface area contributed by atoms with E-state index in [1.807, 2.05) is 0 Å². The van der Waals surface area contributed by atoms with Crippen LogP contribution in [0.2, 0.25) is 0 Å². The van der Waals surface area contributed by atoms with E-state index in [4.69, 9.17) is 0 Å². The lowest BCUT2D eigenvalue weighted by Gasteiger charge is -2.31. The van der Waals surface area contributed by atoms with Gasteiger partial charge in [0.15, 0.2) is 0 Å². The molecule has 0 radical (unpaired) electrons. The summed E-state index contributed by atoms with van der Waals surface area (Å²) in [5.41, 5.74) is 0. The Labute approximate surface area is 70.8 Å². The van der Waals surface area contributed by atoms with Gasteiger partial charge in [0, 0.05) is 12.1 Å². The lowest BCUT2D eigenvalue weighted by atomic mass is 10.0. The molecule has 2 atom stereocenters. The van der Waals surface area contributed by atoms with Crippen LogP contribution >= 0.6 is 0 Å². The first-order valence-electron chi connectivity index (χ1n) is 4.85. The summed E-state index contributed by atoms with van der Waals surface area (Å²) in [5.74, 6) is 0.919. The second kappa shape index (κ2) is 3.57. The molecule has 0 N–H and O–H groups in total. The van der Waals surface area contributed by atoms with Crippen molar-refractivity contribution in [2.24, 2.45) is 5.92 Å². The van der Waals surface area contributed by atoms with Gasteiger partial charge >= 0.3 is 0 Å². The van der Waals surface area contributed by atoms with Gasteiger partial charge in [-0.15, -0.1) is 0 Å². The second-order valence-electron chi connectivity index (χ2n) is 4.23. The monoisotopic (exact) mass is 155 g/mol. The van der Waals surface area contributed by atoms with Gasteiger partial charge < -0.3 is 4.90 Å². The van der Waals surface area contributed by atoms with Gasteiger partial charge in [-0.25, -0.2) is 0 Å². The molecule has 1 rings (SSSR count). The molecule has 66 valence electrons. The molecule has 11 heavy (non-hydrogen) atoms. The van der Waals surface area contributed by atoms with Gasteiger partial charge in [0.2, 0.25) is 0 Å². The van der Waals surface area contributed by atoms with Crippen LogP contribution in [-0.4, -0.2) is 24.0 Å². The summed E-state index contributed by atoms with van der Waals surface area (Å²) >= 11 is 0. The van der Waals surface area contributed by atoms with Crippen LogP contribution in [0.15, 0.2) is 0 Å². The van der Waals surface area contributed by atoms with Crippen molar-refractivity contribution in [2.75, 3.05) is 7.05 Å². The van der Waals surface area contributed by atoms with Crippen LogP contribution in [-0.2, 0) is 0 Å². The Morgan fingerprint density at radius 3 is 2.27 bits per heavy atom. The molecule has 1 nitrogen and oxygen atoms in total. The quantitative estimate of drug-likeness (QED) is 0.592. The smallest absolute Gasteiger partial charge is 0.0120 e. The molecule has 0 amide bonds. The molecule has 1 aliphatic carbocycles. The maximum atomic E-state index is 2.53. The molecule has 0 aromatic heterocycles. The Kier molecular flexibility index (Phi) is 2.94. The number of rotatable bonds is 2. The Hall–Kier alpha value is -0.0400. The predicted octanol–water partition coefficient (Wildman–Crippen LogP) is 2.52. The molecule has 0 aromatic rings. The van der Waals surface area contributed by atoms with Crippen LogP contribution in [0.3, 0.4) is 0 Å². The molecule has 0 heterocycles. The van der Waals surface area contributed by atoms with Crippen molar-refractivity contribution in [3.63, 3.8) is 0 Å². The Balaban J connectivity index is 2.45. The van der Waals surface area contributed by atoms with E-state index in [1.165, 1.54) is 19.3 Å². The molecular weight excluding hydrogens is 134 g/mol. The molecule has 1 heteroatoms. The van der Waals surface area contributed by atoms with Gasteiger partial charge in [-0.05, 0) is 39.7 Å². The zero-order valence-electron chi connectivity index (χ0n) is 8.30. The van der Waals surface area contributed by atoms with E-state index in [0.29, 0.717) is 6.04 Å². The summed E-state index contributed by atoms with van der Waals surface area (Å²) in [5, 5.41) is 0. The van der Waals surface area contributed by atoms with Gasteiger partial charge in [-0.3, -0.25) is 0 Å². The van der Waals surface area contributed by atoms with E-state index in [9.17, 15) is 0 Å². The third-order valence-corrected chi connectivity index (χ3v) is 3.15. The minimum Gasteiger partial charge on any atom is -0.301 e. The zero-order valence-corrected chi connectivity index (χ0v) is 8.30. The van der Waals surface area contributed by atoms with Gasteiger partial charge in [0.1, 0.15) is 0 Å². The van der Waals surface area contributed by atoms with Gasteiger partial charge in [0.25, 0.3) is 0 Å². The van der Waals surface area contributed by atoms with Crippen molar-refractivity contribution in [1.82, 2.24) is 4.90 Å². The van der Waals surface area contributed by atoms with Gasteiger partial charge in [-0.1, -0.05) is 13.3 Å². The van der Waals surface area contributed by atoms with Crippen LogP contribution in [0.5, 0.6) is 0 Å². The minimum atomic E-state index is 0.709. The second-order valence-corrected chi connectivity index (χ2v) is 4.23. The van der Waals surface area contributed by atoms with Gasteiger partial charge in [-0.2, -0.15) is 0 Å². The summed E-state index contributed by atoms with van der Waals surface area (Å²) in [6, 6.07) is 1.57. The first-order chi connectivity index (χ1) is 5.13. The normalized spacial score (nSPS) is 32.2. The average molecular weight is 155 g/mol. The van der Waals surface area contributed by atoms with Crippen molar-refractivity contribution < 1.29 is 0 Å².